The predicted molar refractivity (Wildman–Crippen MR) is 85.7 cm³/mol. The van der Waals surface area contributed by atoms with Gasteiger partial charge in [0.15, 0.2) is 0 Å². The summed E-state index contributed by atoms with van der Waals surface area (Å²) in [5, 5.41) is 2.65. The topological polar surface area (TPSA) is 55.6 Å². The number of hydrogen-bond donors (Lipinski definition) is 1. The molecule has 0 bridgehead atoms. The lowest BCUT2D eigenvalue weighted by atomic mass is 10.2. The molecule has 0 saturated heterocycles. The minimum absolute atomic E-state index is 0.348. The molecule has 0 fully saturated rings. The van der Waals surface area contributed by atoms with Crippen LogP contribution in [0.2, 0.25) is 0 Å². The molecule has 0 spiro atoms. The molecule has 0 atom stereocenters. The first-order valence-corrected chi connectivity index (χ1v) is 7.35. The van der Waals surface area contributed by atoms with E-state index >= 15 is 0 Å². The SMILES string of the molecule is Cc1ccn2c(C(=O)Nc3ccc(OC(F)(F)F)cc3)c(C)nc2c1. The third-order valence-electron chi connectivity index (χ3n) is 3.52. The first kappa shape index (κ1) is 16.8. The molecule has 1 N–H and O–H groups in total. The number of benzene rings is 1. The number of carbonyl (C=O) groups is 1. The van der Waals surface area contributed by atoms with Crippen LogP contribution in [0.3, 0.4) is 0 Å². The largest absolute Gasteiger partial charge is 0.573 e. The fourth-order valence-corrected chi connectivity index (χ4v) is 2.47. The zero-order valence-corrected chi connectivity index (χ0v) is 13.4. The number of amides is 1. The van der Waals surface area contributed by atoms with Crippen LogP contribution in [0.5, 0.6) is 5.75 Å². The third kappa shape index (κ3) is 3.73. The Kier molecular flexibility index (Phi) is 4.12. The number of nitrogens with one attached hydrogen (secondary N) is 1. The average Bonchev–Trinajstić information content (AvgIpc) is 2.82. The number of hydrogen-bond acceptors (Lipinski definition) is 3. The van der Waals surface area contributed by atoms with Gasteiger partial charge in [-0.15, -0.1) is 13.2 Å². The fourth-order valence-electron chi connectivity index (χ4n) is 2.47. The number of imidazole rings is 1. The number of aryl methyl sites for hydroxylation is 2. The van der Waals surface area contributed by atoms with Crippen molar-refractivity contribution < 1.29 is 22.7 Å². The summed E-state index contributed by atoms with van der Waals surface area (Å²) < 4.78 is 41.9. The number of anilines is 1. The van der Waals surface area contributed by atoms with Gasteiger partial charge in [0.05, 0.1) is 5.69 Å². The number of fused-ring (bicyclic) bond motifs is 1. The van der Waals surface area contributed by atoms with Crippen LogP contribution in [0.4, 0.5) is 18.9 Å². The smallest absolute Gasteiger partial charge is 0.406 e. The van der Waals surface area contributed by atoms with Crippen molar-refractivity contribution in [1.82, 2.24) is 9.38 Å². The Morgan fingerprint density at radius 2 is 1.84 bits per heavy atom. The number of halogens is 3. The van der Waals surface area contributed by atoms with Crippen molar-refractivity contribution in [2.75, 3.05) is 5.32 Å². The summed E-state index contributed by atoms with van der Waals surface area (Å²) in [5.41, 5.74) is 2.94. The van der Waals surface area contributed by atoms with E-state index in [4.69, 9.17) is 0 Å². The van der Waals surface area contributed by atoms with Gasteiger partial charge in [-0.2, -0.15) is 0 Å². The Morgan fingerprint density at radius 3 is 2.48 bits per heavy atom. The third-order valence-corrected chi connectivity index (χ3v) is 3.52. The molecule has 3 aromatic rings. The summed E-state index contributed by atoms with van der Waals surface area (Å²) in [7, 11) is 0. The van der Waals surface area contributed by atoms with Crippen LogP contribution < -0.4 is 10.1 Å². The van der Waals surface area contributed by atoms with E-state index in [-0.39, 0.29) is 5.75 Å². The van der Waals surface area contributed by atoms with Crippen molar-refractivity contribution in [2.45, 2.75) is 20.2 Å². The molecule has 0 aliphatic heterocycles. The highest BCUT2D eigenvalue weighted by Crippen LogP contribution is 2.24. The zero-order valence-electron chi connectivity index (χ0n) is 13.4. The van der Waals surface area contributed by atoms with Crippen molar-refractivity contribution in [1.29, 1.82) is 0 Å². The second kappa shape index (κ2) is 6.12. The van der Waals surface area contributed by atoms with Crippen LogP contribution in [0, 0.1) is 13.8 Å². The second-order valence-corrected chi connectivity index (χ2v) is 5.50. The molecule has 1 aromatic carbocycles. The molecule has 0 saturated carbocycles. The van der Waals surface area contributed by atoms with Crippen LogP contribution in [0.1, 0.15) is 21.7 Å². The molecule has 8 heteroatoms. The highest BCUT2D eigenvalue weighted by Gasteiger charge is 2.31. The highest BCUT2D eigenvalue weighted by molar-refractivity contribution is 6.04. The average molecular weight is 349 g/mol. The van der Waals surface area contributed by atoms with Gasteiger partial charge in [0.1, 0.15) is 17.1 Å². The van der Waals surface area contributed by atoms with E-state index in [2.05, 4.69) is 15.0 Å². The molecule has 5 nitrogen and oxygen atoms in total. The van der Waals surface area contributed by atoms with E-state index in [1.807, 2.05) is 19.1 Å². The molecule has 130 valence electrons. The van der Waals surface area contributed by atoms with Gasteiger partial charge in [0, 0.05) is 11.9 Å². The van der Waals surface area contributed by atoms with Gasteiger partial charge in [0.25, 0.3) is 5.91 Å². The number of nitrogens with zero attached hydrogens (tertiary/aromatic N) is 2. The van der Waals surface area contributed by atoms with Crippen molar-refractivity contribution in [2.24, 2.45) is 0 Å². The lowest BCUT2D eigenvalue weighted by Crippen LogP contribution is -2.17. The summed E-state index contributed by atoms with van der Waals surface area (Å²) in [6.45, 7) is 3.64. The minimum atomic E-state index is -4.75. The number of ether oxygens (including phenoxy) is 1. The van der Waals surface area contributed by atoms with Gasteiger partial charge in [0.2, 0.25) is 0 Å². The van der Waals surface area contributed by atoms with Crippen LogP contribution in [-0.4, -0.2) is 21.7 Å². The summed E-state index contributed by atoms with van der Waals surface area (Å²) in [5.74, 6) is -0.759. The normalized spacial score (nSPS) is 11.6. The summed E-state index contributed by atoms with van der Waals surface area (Å²) >= 11 is 0. The first-order valence-electron chi connectivity index (χ1n) is 7.35. The van der Waals surface area contributed by atoms with Gasteiger partial charge in [-0.3, -0.25) is 9.20 Å². The number of carbonyl (C=O) groups excluding carboxylic acids is 1. The van der Waals surface area contributed by atoms with Gasteiger partial charge in [-0.05, 0) is 55.8 Å². The van der Waals surface area contributed by atoms with E-state index in [0.717, 1.165) is 17.7 Å². The van der Waals surface area contributed by atoms with Crippen LogP contribution in [0.25, 0.3) is 5.65 Å². The lowest BCUT2D eigenvalue weighted by molar-refractivity contribution is -0.274. The van der Waals surface area contributed by atoms with Crippen molar-refractivity contribution in [3.05, 3.63) is 59.5 Å². The monoisotopic (exact) mass is 349 g/mol. The predicted octanol–water partition coefficient (Wildman–Crippen LogP) is 4.10. The first-order chi connectivity index (χ1) is 11.7. The zero-order chi connectivity index (χ0) is 18.2. The Hall–Kier alpha value is -3.03. The molecule has 0 unspecified atom stereocenters. The molecule has 3 rings (SSSR count). The molecule has 2 aromatic heterocycles. The lowest BCUT2D eigenvalue weighted by Gasteiger charge is -2.10. The van der Waals surface area contributed by atoms with E-state index in [1.165, 1.54) is 12.1 Å². The molecular weight excluding hydrogens is 335 g/mol. The Morgan fingerprint density at radius 1 is 1.16 bits per heavy atom. The van der Waals surface area contributed by atoms with Gasteiger partial charge < -0.3 is 10.1 Å². The molecule has 0 aliphatic carbocycles. The quantitative estimate of drug-likeness (QED) is 0.774. The number of rotatable bonds is 3. The summed E-state index contributed by atoms with van der Waals surface area (Å²) in [4.78, 5) is 16.9. The Labute approximate surface area is 141 Å². The van der Waals surface area contributed by atoms with E-state index in [9.17, 15) is 18.0 Å². The maximum atomic E-state index is 12.5. The van der Waals surface area contributed by atoms with Crippen molar-refractivity contribution in [3.63, 3.8) is 0 Å². The molecular formula is C17H14F3N3O2. The maximum Gasteiger partial charge on any atom is 0.573 e. The molecule has 0 radical (unpaired) electrons. The van der Waals surface area contributed by atoms with Gasteiger partial charge in [-0.25, -0.2) is 4.98 Å². The highest BCUT2D eigenvalue weighted by atomic mass is 19.4. The molecule has 2 heterocycles. The van der Waals surface area contributed by atoms with Crippen molar-refractivity contribution >= 4 is 17.2 Å². The summed E-state index contributed by atoms with van der Waals surface area (Å²) in [6.07, 6.45) is -3.00. The maximum absolute atomic E-state index is 12.5. The standard InChI is InChI=1S/C17H14F3N3O2/c1-10-7-8-23-14(9-10)21-11(2)15(23)16(24)22-12-3-5-13(6-4-12)25-17(18,19)20/h3-9H,1-2H3,(H,22,24). The Balaban J connectivity index is 1.82. The fraction of sp³-hybridized carbons (Fsp3) is 0.176. The number of pyridine rings is 1. The summed E-state index contributed by atoms with van der Waals surface area (Å²) in [6, 6.07) is 8.65. The van der Waals surface area contributed by atoms with Crippen LogP contribution in [-0.2, 0) is 0 Å². The van der Waals surface area contributed by atoms with Gasteiger partial charge >= 0.3 is 6.36 Å². The van der Waals surface area contributed by atoms with E-state index in [1.54, 1.807) is 17.5 Å². The minimum Gasteiger partial charge on any atom is -0.406 e. The van der Waals surface area contributed by atoms with E-state index in [0.29, 0.717) is 22.7 Å². The van der Waals surface area contributed by atoms with E-state index < -0.39 is 12.3 Å². The number of alkyl halides is 3. The Bertz CT molecular complexity index is 931. The second-order valence-electron chi connectivity index (χ2n) is 5.50. The van der Waals surface area contributed by atoms with Crippen LogP contribution >= 0.6 is 0 Å². The molecule has 1 amide bonds. The molecule has 25 heavy (non-hydrogen) atoms. The number of aromatic nitrogens is 2. The van der Waals surface area contributed by atoms with Gasteiger partial charge in [-0.1, -0.05) is 0 Å². The molecule has 0 aliphatic rings. The van der Waals surface area contributed by atoms with Crippen molar-refractivity contribution in [3.8, 4) is 5.75 Å². The van der Waals surface area contributed by atoms with Crippen LogP contribution in [0.15, 0.2) is 42.6 Å².